The lowest BCUT2D eigenvalue weighted by Gasteiger charge is -2.26. The van der Waals surface area contributed by atoms with Gasteiger partial charge in [0.2, 0.25) is 0 Å². The number of hydrogen-bond donors (Lipinski definition) is 0. The second kappa shape index (κ2) is 9.03. The summed E-state index contributed by atoms with van der Waals surface area (Å²) in [5.41, 5.74) is 2.42. The van der Waals surface area contributed by atoms with Gasteiger partial charge < -0.3 is 14.0 Å². The Morgan fingerprint density at radius 3 is 2.60 bits per heavy atom. The number of benzene rings is 2. The largest absolute Gasteiger partial charge is 0.496 e. The van der Waals surface area contributed by atoms with Crippen molar-refractivity contribution >= 4 is 34.2 Å². The molecule has 2 aromatic carbocycles. The Morgan fingerprint density at radius 1 is 1.14 bits per heavy atom. The van der Waals surface area contributed by atoms with Crippen molar-refractivity contribution in [3.8, 4) is 5.75 Å². The number of carbonyl (C=O) groups is 1. The molecule has 2 aromatic heterocycles. The van der Waals surface area contributed by atoms with Crippen LogP contribution >= 0.6 is 11.3 Å². The molecule has 0 spiro atoms. The third kappa shape index (κ3) is 3.80. The maximum absolute atomic E-state index is 13.8. The fraction of sp³-hybridized carbons (Fsp3) is 0.222. The van der Waals surface area contributed by atoms with Crippen LogP contribution in [-0.4, -0.2) is 28.8 Å². The number of esters is 1. The van der Waals surface area contributed by atoms with Crippen molar-refractivity contribution in [1.29, 1.82) is 0 Å². The highest BCUT2D eigenvalue weighted by molar-refractivity contribution is 7.07. The van der Waals surface area contributed by atoms with Crippen LogP contribution in [0, 0.1) is 0 Å². The van der Waals surface area contributed by atoms with Crippen molar-refractivity contribution in [3.05, 3.63) is 96.9 Å². The van der Waals surface area contributed by atoms with Crippen molar-refractivity contribution in [3.63, 3.8) is 0 Å². The molecule has 0 bridgehead atoms. The van der Waals surface area contributed by atoms with Gasteiger partial charge in [0.25, 0.3) is 5.56 Å². The van der Waals surface area contributed by atoms with Crippen molar-refractivity contribution in [2.45, 2.75) is 19.9 Å². The molecule has 4 aromatic rings. The van der Waals surface area contributed by atoms with E-state index in [0.717, 1.165) is 27.8 Å². The lowest BCUT2D eigenvalue weighted by molar-refractivity contribution is -0.139. The quantitative estimate of drug-likeness (QED) is 0.405. The summed E-state index contributed by atoms with van der Waals surface area (Å²) in [5.74, 6) is 0.245. The van der Waals surface area contributed by atoms with E-state index in [1.165, 1.54) is 11.3 Å². The van der Waals surface area contributed by atoms with Crippen molar-refractivity contribution in [2.24, 2.45) is 12.0 Å². The Hall–Kier alpha value is -3.91. The van der Waals surface area contributed by atoms with Crippen LogP contribution in [-0.2, 0) is 16.6 Å². The van der Waals surface area contributed by atoms with Gasteiger partial charge in [-0.25, -0.2) is 9.79 Å². The Kier molecular flexibility index (Phi) is 5.90. The molecular formula is C27H25N3O4S. The van der Waals surface area contributed by atoms with Crippen LogP contribution in [0.2, 0.25) is 0 Å². The van der Waals surface area contributed by atoms with E-state index in [0.29, 0.717) is 20.6 Å². The zero-order valence-electron chi connectivity index (χ0n) is 19.9. The first kappa shape index (κ1) is 22.9. The summed E-state index contributed by atoms with van der Waals surface area (Å²) >= 11 is 1.32. The van der Waals surface area contributed by atoms with Gasteiger partial charge in [-0.1, -0.05) is 41.7 Å². The second-order valence-electron chi connectivity index (χ2n) is 8.25. The Morgan fingerprint density at radius 2 is 1.91 bits per heavy atom. The Balaban J connectivity index is 1.83. The van der Waals surface area contributed by atoms with Gasteiger partial charge in [0.05, 0.1) is 35.6 Å². The number of nitrogens with zero attached hydrogens (tertiary/aromatic N) is 3. The van der Waals surface area contributed by atoms with E-state index < -0.39 is 12.0 Å². The lowest BCUT2D eigenvalue weighted by atomic mass is 9.91. The molecule has 0 fully saturated rings. The third-order valence-corrected chi connectivity index (χ3v) is 7.20. The number of rotatable bonds is 5. The zero-order valence-corrected chi connectivity index (χ0v) is 20.8. The first-order valence-corrected chi connectivity index (χ1v) is 12.1. The van der Waals surface area contributed by atoms with E-state index >= 15 is 0 Å². The number of aryl methyl sites for hydroxylation is 1. The summed E-state index contributed by atoms with van der Waals surface area (Å²) < 4.78 is 15.1. The van der Waals surface area contributed by atoms with Crippen LogP contribution < -0.4 is 19.6 Å². The highest BCUT2D eigenvalue weighted by Gasteiger charge is 2.34. The average molecular weight is 488 g/mol. The molecule has 1 aliphatic rings. The number of methoxy groups -OCH3 is 1. The van der Waals surface area contributed by atoms with Gasteiger partial charge in [0, 0.05) is 24.3 Å². The maximum Gasteiger partial charge on any atom is 0.338 e. The summed E-state index contributed by atoms with van der Waals surface area (Å²) in [5, 5.41) is 1.79. The molecule has 35 heavy (non-hydrogen) atoms. The average Bonchev–Trinajstić information content (AvgIpc) is 3.39. The van der Waals surface area contributed by atoms with E-state index in [4.69, 9.17) is 9.47 Å². The molecule has 0 saturated heterocycles. The first-order valence-electron chi connectivity index (χ1n) is 11.3. The minimum absolute atomic E-state index is 0.200. The molecular weight excluding hydrogens is 462 g/mol. The van der Waals surface area contributed by atoms with Crippen LogP contribution in [0.15, 0.2) is 75.8 Å². The smallest absolute Gasteiger partial charge is 0.338 e. The number of thiazole rings is 1. The van der Waals surface area contributed by atoms with Crippen molar-refractivity contribution in [1.82, 2.24) is 9.13 Å². The number of hydrogen-bond acceptors (Lipinski definition) is 6. The van der Waals surface area contributed by atoms with Gasteiger partial charge >= 0.3 is 5.97 Å². The molecule has 0 unspecified atom stereocenters. The molecule has 178 valence electrons. The van der Waals surface area contributed by atoms with Crippen LogP contribution in [0.4, 0.5) is 0 Å². The molecule has 0 amide bonds. The van der Waals surface area contributed by atoms with Crippen LogP contribution in [0.1, 0.15) is 31.1 Å². The number of aromatic nitrogens is 2. The Bertz CT molecular complexity index is 1670. The van der Waals surface area contributed by atoms with Gasteiger partial charge in [0.1, 0.15) is 5.75 Å². The molecule has 0 radical (unpaired) electrons. The summed E-state index contributed by atoms with van der Waals surface area (Å²) in [7, 11) is 3.56. The van der Waals surface area contributed by atoms with E-state index in [1.807, 2.05) is 72.4 Å². The molecule has 0 aliphatic carbocycles. The topological polar surface area (TPSA) is 74.8 Å². The molecule has 1 aliphatic heterocycles. The van der Waals surface area contributed by atoms with E-state index in [2.05, 4.69) is 4.99 Å². The lowest BCUT2D eigenvalue weighted by Crippen LogP contribution is -2.40. The minimum atomic E-state index is -0.684. The SMILES string of the molecule is CCOC(=O)C1=C(C)N=c2s/c(=C\c3cccn3C)c(=O)n2[C@H]1c1ccc(OC)c2ccccc12. The van der Waals surface area contributed by atoms with Crippen LogP contribution in [0.5, 0.6) is 5.75 Å². The summed E-state index contributed by atoms with van der Waals surface area (Å²) in [6.45, 7) is 3.78. The molecule has 0 saturated carbocycles. The molecule has 0 N–H and O–H groups in total. The fourth-order valence-electron chi connectivity index (χ4n) is 4.56. The molecule has 1 atom stereocenters. The normalized spacial score (nSPS) is 15.8. The van der Waals surface area contributed by atoms with Gasteiger partial charge in [-0.05, 0) is 49.1 Å². The van der Waals surface area contributed by atoms with Crippen LogP contribution in [0.3, 0.4) is 0 Å². The third-order valence-electron chi connectivity index (χ3n) is 6.21. The van der Waals surface area contributed by atoms with Gasteiger partial charge in [0.15, 0.2) is 4.80 Å². The van der Waals surface area contributed by atoms with Gasteiger partial charge in [-0.3, -0.25) is 9.36 Å². The Labute approximate surface area is 205 Å². The van der Waals surface area contributed by atoms with E-state index in [1.54, 1.807) is 25.5 Å². The standard InChI is InChI=1S/C27H25N3O4S/c1-5-34-26(32)23-16(2)28-27-30(25(31)22(35-27)15-17-9-8-14-29(17)3)24(23)20-12-13-21(33-4)19-11-7-6-10-18(19)20/h6-15,24H,5H2,1-4H3/b22-15-/t24-/m0/s1. The molecule has 8 heteroatoms. The minimum Gasteiger partial charge on any atom is -0.496 e. The predicted molar refractivity (Wildman–Crippen MR) is 136 cm³/mol. The molecule has 3 heterocycles. The van der Waals surface area contributed by atoms with Gasteiger partial charge in [-0.15, -0.1) is 0 Å². The maximum atomic E-state index is 13.8. The highest BCUT2D eigenvalue weighted by Crippen LogP contribution is 2.37. The first-order chi connectivity index (χ1) is 16.9. The monoisotopic (exact) mass is 487 g/mol. The molecule has 5 rings (SSSR count). The summed E-state index contributed by atoms with van der Waals surface area (Å²) in [6.07, 6.45) is 3.79. The summed E-state index contributed by atoms with van der Waals surface area (Å²) in [4.78, 5) is 32.2. The van der Waals surface area contributed by atoms with Crippen LogP contribution in [0.25, 0.3) is 16.8 Å². The van der Waals surface area contributed by atoms with E-state index in [-0.39, 0.29) is 12.2 Å². The van der Waals surface area contributed by atoms with E-state index in [9.17, 15) is 9.59 Å². The number of carbonyl (C=O) groups excluding carboxylic acids is 1. The number of ether oxygens (including phenoxy) is 2. The fourth-order valence-corrected chi connectivity index (χ4v) is 5.59. The highest BCUT2D eigenvalue weighted by atomic mass is 32.1. The number of fused-ring (bicyclic) bond motifs is 2. The second-order valence-corrected chi connectivity index (χ2v) is 9.26. The van der Waals surface area contributed by atoms with Gasteiger partial charge in [-0.2, -0.15) is 0 Å². The van der Waals surface area contributed by atoms with Crippen molar-refractivity contribution < 1.29 is 14.3 Å². The zero-order chi connectivity index (χ0) is 24.7. The van der Waals surface area contributed by atoms with Crippen molar-refractivity contribution in [2.75, 3.05) is 13.7 Å². The summed E-state index contributed by atoms with van der Waals surface area (Å²) in [6, 6.07) is 14.8. The predicted octanol–water partition coefficient (Wildman–Crippen LogP) is 3.30. The number of allylic oxidation sites excluding steroid dienone is 1. The molecule has 7 nitrogen and oxygen atoms in total.